The molecule has 0 spiro atoms. The van der Waals surface area contributed by atoms with Gasteiger partial charge in [-0.05, 0) is 30.5 Å². The number of urea groups is 1. The molecular formula is C17H21N3O5. The molecule has 2 aliphatic rings. The molecule has 2 heterocycles. The number of carbonyl (C=O) groups is 3. The van der Waals surface area contributed by atoms with Gasteiger partial charge >= 0.3 is 6.03 Å². The van der Waals surface area contributed by atoms with E-state index in [2.05, 4.69) is 10.6 Å². The summed E-state index contributed by atoms with van der Waals surface area (Å²) in [7, 11) is 0. The molecule has 2 N–H and O–H groups in total. The Bertz CT molecular complexity index is 733. The van der Waals surface area contributed by atoms with E-state index < -0.39 is 17.5 Å². The van der Waals surface area contributed by atoms with Gasteiger partial charge in [0.05, 0.1) is 0 Å². The van der Waals surface area contributed by atoms with Gasteiger partial charge in [0.25, 0.3) is 5.91 Å². The summed E-state index contributed by atoms with van der Waals surface area (Å²) in [5, 5.41) is 5.37. The summed E-state index contributed by atoms with van der Waals surface area (Å²) in [6, 6.07) is 4.47. The Balaban J connectivity index is 1.77. The van der Waals surface area contributed by atoms with Gasteiger partial charge in [0.15, 0.2) is 11.5 Å². The largest absolute Gasteiger partial charge is 0.454 e. The summed E-state index contributed by atoms with van der Waals surface area (Å²) in [6.45, 7) is 5.84. The molecule has 1 atom stereocenters. The molecule has 1 aromatic rings. The van der Waals surface area contributed by atoms with E-state index in [0.29, 0.717) is 23.6 Å². The molecule has 4 amide bonds. The molecule has 134 valence electrons. The van der Waals surface area contributed by atoms with Gasteiger partial charge in [-0.2, -0.15) is 0 Å². The molecule has 8 heteroatoms. The predicted octanol–water partition coefficient (Wildman–Crippen LogP) is 0.954. The third-order valence-corrected chi connectivity index (χ3v) is 4.23. The highest BCUT2D eigenvalue weighted by Gasteiger charge is 2.49. The molecule has 25 heavy (non-hydrogen) atoms. The maximum Gasteiger partial charge on any atom is 0.325 e. The Hall–Kier alpha value is -2.77. The third kappa shape index (κ3) is 3.11. The average molecular weight is 347 g/mol. The second-order valence-electron chi connectivity index (χ2n) is 6.71. The van der Waals surface area contributed by atoms with Gasteiger partial charge in [-0.1, -0.05) is 19.9 Å². The lowest BCUT2D eigenvalue weighted by molar-refractivity contribution is -0.134. The van der Waals surface area contributed by atoms with Crippen LogP contribution in [0.5, 0.6) is 11.5 Å². The summed E-state index contributed by atoms with van der Waals surface area (Å²) >= 11 is 0. The van der Waals surface area contributed by atoms with Crippen molar-refractivity contribution in [1.82, 2.24) is 15.5 Å². The molecule has 1 fully saturated rings. The van der Waals surface area contributed by atoms with Crippen LogP contribution in [-0.4, -0.2) is 42.6 Å². The summed E-state index contributed by atoms with van der Waals surface area (Å²) in [5.74, 6) is 0.553. The second kappa shape index (κ2) is 6.27. The number of rotatable bonds is 5. The van der Waals surface area contributed by atoms with E-state index >= 15 is 0 Å². The van der Waals surface area contributed by atoms with E-state index in [1.165, 1.54) is 0 Å². The van der Waals surface area contributed by atoms with E-state index in [-0.39, 0.29) is 25.2 Å². The van der Waals surface area contributed by atoms with Gasteiger partial charge in [0.2, 0.25) is 12.7 Å². The normalized spacial score (nSPS) is 21.7. The maximum atomic E-state index is 12.8. The lowest BCUT2D eigenvalue weighted by Crippen LogP contribution is -2.43. The molecule has 0 bridgehead atoms. The van der Waals surface area contributed by atoms with E-state index in [9.17, 15) is 14.4 Å². The Labute approximate surface area is 145 Å². The van der Waals surface area contributed by atoms with Crippen molar-refractivity contribution in [1.29, 1.82) is 0 Å². The smallest absolute Gasteiger partial charge is 0.325 e. The maximum absolute atomic E-state index is 12.8. The molecular weight excluding hydrogens is 326 g/mol. The number of benzene rings is 1. The zero-order valence-electron chi connectivity index (χ0n) is 14.4. The van der Waals surface area contributed by atoms with Crippen LogP contribution in [0.15, 0.2) is 18.2 Å². The molecule has 0 saturated carbocycles. The summed E-state index contributed by atoms with van der Waals surface area (Å²) in [5.41, 5.74) is -0.684. The number of carbonyl (C=O) groups excluding carboxylic acids is 3. The van der Waals surface area contributed by atoms with Crippen molar-refractivity contribution in [2.75, 3.05) is 19.9 Å². The molecule has 0 aromatic heterocycles. The van der Waals surface area contributed by atoms with Crippen molar-refractivity contribution in [2.45, 2.75) is 26.3 Å². The number of imide groups is 1. The van der Waals surface area contributed by atoms with Crippen LogP contribution in [-0.2, 0) is 15.1 Å². The van der Waals surface area contributed by atoms with Crippen molar-refractivity contribution in [3.63, 3.8) is 0 Å². The summed E-state index contributed by atoms with van der Waals surface area (Å²) in [4.78, 5) is 37.9. The first-order valence-electron chi connectivity index (χ1n) is 8.12. The van der Waals surface area contributed by atoms with Crippen LogP contribution >= 0.6 is 0 Å². The van der Waals surface area contributed by atoms with Crippen molar-refractivity contribution < 1.29 is 23.9 Å². The van der Waals surface area contributed by atoms with Crippen LogP contribution in [0.1, 0.15) is 26.3 Å². The Kier molecular flexibility index (Phi) is 4.28. The van der Waals surface area contributed by atoms with Gasteiger partial charge in [-0.3, -0.25) is 14.5 Å². The molecule has 1 aromatic carbocycles. The van der Waals surface area contributed by atoms with Crippen molar-refractivity contribution in [2.24, 2.45) is 5.92 Å². The van der Waals surface area contributed by atoms with Gasteiger partial charge < -0.3 is 20.1 Å². The fourth-order valence-corrected chi connectivity index (χ4v) is 2.76. The fourth-order valence-electron chi connectivity index (χ4n) is 2.76. The molecule has 1 saturated heterocycles. The Morgan fingerprint density at radius 1 is 1.32 bits per heavy atom. The quantitative estimate of drug-likeness (QED) is 0.773. The predicted molar refractivity (Wildman–Crippen MR) is 88.0 cm³/mol. The number of ether oxygens (including phenoxy) is 2. The standard InChI is InChI=1S/C17H21N3O5/c1-10(2)7-18-14(21)8-20-15(22)17(3,19-16(20)23)11-4-5-12-13(6-11)25-9-24-12/h4-6,10H,7-9H2,1-3H3,(H,18,21)(H,19,23). The minimum absolute atomic E-state index is 0.123. The molecule has 1 unspecified atom stereocenters. The minimum Gasteiger partial charge on any atom is -0.454 e. The van der Waals surface area contributed by atoms with Gasteiger partial charge in [0.1, 0.15) is 12.1 Å². The Morgan fingerprint density at radius 3 is 2.76 bits per heavy atom. The first-order chi connectivity index (χ1) is 11.8. The van der Waals surface area contributed by atoms with E-state index in [0.717, 1.165) is 4.90 Å². The molecule has 2 aliphatic heterocycles. The lowest BCUT2D eigenvalue weighted by Gasteiger charge is -2.22. The number of nitrogens with one attached hydrogen (secondary N) is 2. The van der Waals surface area contributed by atoms with Crippen LogP contribution in [0, 0.1) is 5.92 Å². The van der Waals surface area contributed by atoms with E-state index in [4.69, 9.17) is 9.47 Å². The highest BCUT2D eigenvalue weighted by molar-refractivity contribution is 6.09. The molecule has 0 aliphatic carbocycles. The monoisotopic (exact) mass is 347 g/mol. The van der Waals surface area contributed by atoms with E-state index in [1.807, 2.05) is 13.8 Å². The number of hydrogen-bond donors (Lipinski definition) is 2. The summed E-state index contributed by atoms with van der Waals surface area (Å²) < 4.78 is 10.6. The first-order valence-corrected chi connectivity index (χ1v) is 8.12. The minimum atomic E-state index is -1.25. The fraction of sp³-hybridized carbons (Fsp3) is 0.471. The molecule has 0 radical (unpaired) electrons. The molecule has 8 nitrogen and oxygen atoms in total. The van der Waals surface area contributed by atoms with Gasteiger partial charge in [-0.15, -0.1) is 0 Å². The highest BCUT2D eigenvalue weighted by Crippen LogP contribution is 2.37. The van der Waals surface area contributed by atoms with Crippen molar-refractivity contribution in [3.05, 3.63) is 23.8 Å². The summed E-state index contributed by atoms with van der Waals surface area (Å²) in [6.07, 6.45) is 0. The van der Waals surface area contributed by atoms with Crippen LogP contribution in [0.2, 0.25) is 0 Å². The SMILES string of the molecule is CC(C)CNC(=O)CN1C(=O)NC(C)(c2ccc3c(c2)OCO3)C1=O. The third-order valence-electron chi connectivity index (χ3n) is 4.23. The van der Waals surface area contributed by atoms with E-state index in [1.54, 1.807) is 25.1 Å². The highest BCUT2D eigenvalue weighted by atomic mass is 16.7. The molecule has 3 rings (SSSR count). The zero-order valence-corrected chi connectivity index (χ0v) is 14.4. The Morgan fingerprint density at radius 2 is 2.04 bits per heavy atom. The second-order valence-corrected chi connectivity index (χ2v) is 6.71. The van der Waals surface area contributed by atoms with Crippen molar-refractivity contribution in [3.8, 4) is 11.5 Å². The van der Waals surface area contributed by atoms with Crippen LogP contribution < -0.4 is 20.1 Å². The zero-order chi connectivity index (χ0) is 18.2. The lowest BCUT2D eigenvalue weighted by atomic mass is 9.91. The average Bonchev–Trinajstić information content (AvgIpc) is 3.11. The number of hydrogen-bond acceptors (Lipinski definition) is 5. The van der Waals surface area contributed by atoms with Gasteiger partial charge in [-0.25, -0.2) is 4.79 Å². The van der Waals surface area contributed by atoms with Crippen molar-refractivity contribution >= 4 is 17.8 Å². The van der Waals surface area contributed by atoms with Gasteiger partial charge in [0, 0.05) is 6.54 Å². The van der Waals surface area contributed by atoms with Crippen LogP contribution in [0.4, 0.5) is 4.79 Å². The number of fused-ring (bicyclic) bond motifs is 1. The number of nitrogens with zero attached hydrogens (tertiary/aromatic N) is 1. The first kappa shape index (κ1) is 17.1. The topological polar surface area (TPSA) is 97.0 Å². The van der Waals surface area contributed by atoms with Crippen LogP contribution in [0.3, 0.4) is 0 Å². The number of amides is 4. The van der Waals surface area contributed by atoms with Crippen LogP contribution in [0.25, 0.3) is 0 Å².